The van der Waals surface area contributed by atoms with Gasteiger partial charge in [-0.15, -0.1) is 0 Å². The number of hydrogen-bond acceptors (Lipinski definition) is 8. The Morgan fingerprint density at radius 3 is 1.85 bits per heavy atom. The maximum absolute atomic E-state index is 8.31. The molecule has 0 rings (SSSR count). The minimum absolute atomic E-state index is 0.395. The Bertz CT molecular complexity index is 132. The highest BCUT2D eigenvalue weighted by atomic mass is 17.1. The first-order valence-corrected chi connectivity index (χ1v) is 3.66. The normalized spacial score (nSPS) is 16.6. The van der Waals surface area contributed by atoms with E-state index in [1.807, 2.05) is 0 Å². The molecule has 0 amide bonds. The standard InChI is InChI=1S/C5H14N2O6/c1-3-5(13-7(10)11)4(2)12-6(8)9/h4-5,8-11H,3H2,1-2H3/t4-,5+/m0/s1. The minimum atomic E-state index is -0.748. The van der Waals surface area contributed by atoms with Crippen LogP contribution in [0.25, 0.3) is 0 Å². The van der Waals surface area contributed by atoms with E-state index in [2.05, 4.69) is 9.68 Å². The van der Waals surface area contributed by atoms with E-state index in [1.165, 1.54) is 6.92 Å². The first-order valence-electron chi connectivity index (χ1n) is 3.66. The molecule has 0 aromatic rings. The van der Waals surface area contributed by atoms with Crippen LogP contribution in [-0.2, 0) is 9.68 Å². The molecule has 0 saturated heterocycles. The van der Waals surface area contributed by atoms with Crippen molar-refractivity contribution in [1.29, 1.82) is 0 Å². The van der Waals surface area contributed by atoms with Crippen molar-refractivity contribution in [2.45, 2.75) is 32.5 Å². The summed E-state index contributed by atoms with van der Waals surface area (Å²) in [5.41, 5.74) is 0. The molecule has 0 aliphatic carbocycles. The lowest BCUT2D eigenvalue weighted by molar-refractivity contribution is -0.537. The van der Waals surface area contributed by atoms with Gasteiger partial charge in [0.05, 0.1) is 10.8 Å². The Morgan fingerprint density at radius 2 is 1.54 bits per heavy atom. The molecule has 0 bridgehead atoms. The summed E-state index contributed by atoms with van der Waals surface area (Å²) in [6.07, 6.45) is -1.06. The van der Waals surface area contributed by atoms with Gasteiger partial charge in [0.1, 0.15) is 12.2 Å². The maximum Gasteiger partial charge on any atom is 0.112 e. The van der Waals surface area contributed by atoms with Crippen molar-refractivity contribution >= 4 is 0 Å². The second-order valence-corrected chi connectivity index (χ2v) is 2.37. The van der Waals surface area contributed by atoms with Crippen LogP contribution in [0.4, 0.5) is 0 Å². The van der Waals surface area contributed by atoms with Crippen LogP contribution < -0.4 is 0 Å². The van der Waals surface area contributed by atoms with Crippen LogP contribution in [0.5, 0.6) is 0 Å². The van der Waals surface area contributed by atoms with E-state index in [4.69, 9.17) is 20.8 Å². The van der Waals surface area contributed by atoms with Crippen molar-refractivity contribution in [3.05, 3.63) is 0 Å². The molecule has 0 aromatic heterocycles. The third-order valence-corrected chi connectivity index (χ3v) is 1.42. The van der Waals surface area contributed by atoms with Crippen molar-refractivity contribution < 1.29 is 30.5 Å². The van der Waals surface area contributed by atoms with E-state index < -0.39 is 23.0 Å². The Morgan fingerprint density at radius 1 is 1.08 bits per heavy atom. The number of rotatable bonds is 6. The van der Waals surface area contributed by atoms with Crippen LogP contribution in [0.1, 0.15) is 20.3 Å². The lowest BCUT2D eigenvalue weighted by atomic mass is 10.2. The second-order valence-electron chi connectivity index (χ2n) is 2.37. The summed E-state index contributed by atoms with van der Waals surface area (Å²) in [5.74, 6) is 0. The molecule has 0 fully saturated rings. The molecule has 0 radical (unpaired) electrons. The quantitative estimate of drug-likeness (QED) is 0.448. The van der Waals surface area contributed by atoms with Gasteiger partial charge in [0.25, 0.3) is 0 Å². The van der Waals surface area contributed by atoms with Gasteiger partial charge in [-0.2, -0.15) is 0 Å². The molecule has 0 aliphatic rings. The van der Waals surface area contributed by atoms with Crippen LogP contribution in [-0.4, -0.2) is 43.8 Å². The van der Waals surface area contributed by atoms with Crippen LogP contribution >= 0.6 is 0 Å². The molecule has 2 atom stereocenters. The predicted molar refractivity (Wildman–Crippen MR) is 36.5 cm³/mol. The highest BCUT2D eigenvalue weighted by molar-refractivity contribution is 4.61. The molecule has 8 nitrogen and oxygen atoms in total. The Hall–Kier alpha value is -0.320. The largest absolute Gasteiger partial charge is 0.266 e. The van der Waals surface area contributed by atoms with E-state index in [0.717, 1.165) is 0 Å². The van der Waals surface area contributed by atoms with E-state index >= 15 is 0 Å². The average Bonchev–Trinajstić information content (AvgIpc) is 1.98. The third-order valence-electron chi connectivity index (χ3n) is 1.42. The summed E-state index contributed by atoms with van der Waals surface area (Å²) in [5, 5.41) is 32.3. The predicted octanol–water partition coefficient (Wildman–Crippen LogP) is 0.178. The first-order chi connectivity index (χ1) is 5.97. The Kier molecular flexibility index (Phi) is 6.03. The fourth-order valence-corrected chi connectivity index (χ4v) is 0.830. The van der Waals surface area contributed by atoms with Crippen molar-refractivity contribution in [2.75, 3.05) is 0 Å². The monoisotopic (exact) mass is 198 g/mol. The molecule has 4 N–H and O–H groups in total. The SMILES string of the molecule is CC[C@@H](ON(O)O)[C@H](C)ON(O)O. The second kappa shape index (κ2) is 6.18. The van der Waals surface area contributed by atoms with Gasteiger partial charge < -0.3 is 0 Å². The van der Waals surface area contributed by atoms with Crippen molar-refractivity contribution in [2.24, 2.45) is 0 Å². The van der Waals surface area contributed by atoms with E-state index in [1.54, 1.807) is 6.92 Å². The van der Waals surface area contributed by atoms with E-state index in [-0.39, 0.29) is 0 Å². The van der Waals surface area contributed by atoms with Gasteiger partial charge in [-0.3, -0.25) is 20.8 Å². The van der Waals surface area contributed by atoms with Gasteiger partial charge in [0, 0.05) is 0 Å². The smallest absolute Gasteiger partial charge is 0.112 e. The summed E-state index contributed by atoms with van der Waals surface area (Å²) in [6.45, 7) is 3.17. The summed E-state index contributed by atoms with van der Waals surface area (Å²) in [4.78, 5) is 8.81. The highest BCUT2D eigenvalue weighted by Gasteiger charge is 2.21. The first kappa shape index (κ1) is 12.7. The average molecular weight is 198 g/mol. The molecule has 0 unspecified atom stereocenters. The van der Waals surface area contributed by atoms with Crippen LogP contribution in [0.2, 0.25) is 0 Å². The summed E-state index contributed by atoms with van der Waals surface area (Å²) in [7, 11) is 0. The van der Waals surface area contributed by atoms with E-state index in [0.29, 0.717) is 6.42 Å². The molecule has 8 heteroatoms. The minimum Gasteiger partial charge on any atom is -0.266 e. The van der Waals surface area contributed by atoms with Gasteiger partial charge in [0.15, 0.2) is 0 Å². The van der Waals surface area contributed by atoms with Crippen LogP contribution in [0.3, 0.4) is 0 Å². The molecular weight excluding hydrogens is 184 g/mol. The van der Waals surface area contributed by atoms with Gasteiger partial charge in [0.2, 0.25) is 0 Å². The molecular formula is C5H14N2O6. The van der Waals surface area contributed by atoms with Crippen molar-refractivity contribution in [3.63, 3.8) is 0 Å². The van der Waals surface area contributed by atoms with Gasteiger partial charge in [-0.05, 0) is 13.3 Å². The number of hydrogen-bond donors (Lipinski definition) is 4. The van der Waals surface area contributed by atoms with E-state index in [9.17, 15) is 0 Å². The fraction of sp³-hybridized carbons (Fsp3) is 1.00. The third kappa shape index (κ3) is 5.85. The lowest BCUT2D eigenvalue weighted by Gasteiger charge is -2.23. The topological polar surface area (TPSA) is 106 Å². The molecule has 80 valence electrons. The highest BCUT2D eigenvalue weighted by Crippen LogP contribution is 2.08. The summed E-state index contributed by atoms with van der Waals surface area (Å²) in [6, 6.07) is 0. The summed E-state index contributed by atoms with van der Waals surface area (Å²) < 4.78 is 0. The fourth-order valence-electron chi connectivity index (χ4n) is 0.830. The molecule has 0 spiro atoms. The zero-order valence-corrected chi connectivity index (χ0v) is 7.36. The van der Waals surface area contributed by atoms with Gasteiger partial charge in [-0.25, -0.2) is 9.68 Å². The zero-order valence-electron chi connectivity index (χ0n) is 7.36. The zero-order chi connectivity index (χ0) is 10.4. The van der Waals surface area contributed by atoms with Crippen molar-refractivity contribution in [1.82, 2.24) is 10.8 Å². The molecule has 0 aromatic carbocycles. The molecule has 0 heterocycles. The van der Waals surface area contributed by atoms with Crippen molar-refractivity contribution in [3.8, 4) is 0 Å². The molecule has 0 saturated carbocycles. The molecule has 0 aliphatic heterocycles. The maximum atomic E-state index is 8.31. The van der Waals surface area contributed by atoms with Crippen LogP contribution in [0.15, 0.2) is 0 Å². The van der Waals surface area contributed by atoms with Gasteiger partial charge in [-0.1, -0.05) is 6.92 Å². The Balaban J connectivity index is 3.91. The number of nitrogens with zero attached hydrogens (tertiary/aromatic N) is 2. The van der Waals surface area contributed by atoms with Crippen LogP contribution in [0, 0.1) is 0 Å². The molecule has 13 heavy (non-hydrogen) atoms. The summed E-state index contributed by atoms with van der Waals surface area (Å²) >= 11 is 0. The Labute approximate surface area is 74.8 Å². The lowest BCUT2D eigenvalue weighted by Crippen LogP contribution is -2.37. The van der Waals surface area contributed by atoms with Gasteiger partial charge >= 0.3 is 0 Å².